The summed E-state index contributed by atoms with van der Waals surface area (Å²) in [4.78, 5) is 30.2. The van der Waals surface area contributed by atoms with E-state index in [4.69, 9.17) is 0 Å². The van der Waals surface area contributed by atoms with Gasteiger partial charge in [0.15, 0.2) is 0 Å². The van der Waals surface area contributed by atoms with Crippen LogP contribution >= 0.6 is 0 Å². The fourth-order valence-corrected chi connectivity index (χ4v) is 6.06. The summed E-state index contributed by atoms with van der Waals surface area (Å²) < 4.78 is 25.6. The molecule has 0 saturated carbocycles. The fourth-order valence-electron chi connectivity index (χ4n) is 4.89. The summed E-state index contributed by atoms with van der Waals surface area (Å²) in [6, 6.07) is 6.75. The molecule has 0 bridgehead atoms. The van der Waals surface area contributed by atoms with Crippen LogP contribution in [-0.4, -0.2) is 72.3 Å². The molecule has 30 heavy (non-hydrogen) atoms. The fraction of sp³-hybridized carbons (Fsp3) is 0.636. The second-order valence-corrected chi connectivity index (χ2v) is 10.5. The second kappa shape index (κ2) is 8.67. The summed E-state index contributed by atoms with van der Waals surface area (Å²) in [7, 11) is -3.67. The molecule has 3 atom stereocenters. The molecule has 1 aromatic carbocycles. The largest absolute Gasteiger partial charge is 0.333 e. The lowest BCUT2D eigenvalue weighted by Crippen LogP contribution is -2.44. The van der Waals surface area contributed by atoms with E-state index in [1.807, 2.05) is 38.1 Å². The topological polar surface area (TPSA) is 78.0 Å². The number of rotatable bonds is 7. The van der Waals surface area contributed by atoms with Crippen molar-refractivity contribution >= 4 is 21.8 Å². The van der Waals surface area contributed by atoms with Crippen LogP contribution in [0, 0.1) is 11.8 Å². The SMILES string of the molecule is CCN(CC)Cc1ccc(C(=O)N2CC[C@H]3[C@H]2[C@@H](C(C)C)C(=O)N3S(C)(=O)=O)cc1. The first-order valence-corrected chi connectivity index (χ1v) is 12.6. The molecule has 0 radical (unpaired) electrons. The molecular formula is C22H33N3O4S. The van der Waals surface area contributed by atoms with Crippen LogP contribution in [0.3, 0.4) is 0 Å². The van der Waals surface area contributed by atoms with Crippen molar-refractivity contribution in [2.45, 2.75) is 52.7 Å². The normalized spacial score (nSPS) is 24.2. The van der Waals surface area contributed by atoms with E-state index in [1.54, 1.807) is 4.90 Å². The highest BCUT2D eigenvalue weighted by Gasteiger charge is 2.58. The number of carbonyl (C=O) groups is 2. The molecule has 0 aromatic heterocycles. The highest BCUT2D eigenvalue weighted by atomic mass is 32.2. The average Bonchev–Trinajstić information content (AvgIpc) is 3.21. The Morgan fingerprint density at radius 3 is 2.27 bits per heavy atom. The minimum atomic E-state index is -3.67. The van der Waals surface area contributed by atoms with Crippen molar-refractivity contribution in [3.05, 3.63) is 35.4 Å². The molecular weight excluding hydrogens is 402 g/mol. The molecule has 7 nitrogen and oxygen atoms in total. The van der Waals surface area contributed by atoms with Gasteiger partial charge in [-0.3, -0.25) is 14.5 Å². The molecule has 2 heterocycles. The monoisotopic (exact) mass is 435 g/mol. The van der Waals surface area contributed by atoms with Crippen molar-refractivity contribution in [3.8, 4) is 0 Å². The van der Waals surface area contributed by atoms with Crippen LogP contribution < -0.4 is 0 Å². The third-order valence-electron chi connectivity index (χ3n) is 6.43. The minimum absolute atomic E-state index is 0.0541. The zero-order chi connectivity index (χ0) is 22.2. The average molecular weight is 436 g/mol. The lowest BCUT2D eigenvalue weighted by molar-refractivity contribution is -0.129. The zero-order valence-corrected chi connectivity index (χ0v) is 19.4. The van der Waals surface area contributed by atoms with Gasteiger partial charge in [-0.25, -0.2) is 12.7 Å². The summed E-state index contributed by atoms with van der Waals surface area (Å²) in [6.07, 6.45) is 1.56. The first-order valence-electron chi connectivity index (χ1n) is 10.8. The molecule has 3 rings (SSSR count). The lowest BCUT2D eigenvalue weighted by atomic mass is 9.88. The Labute approximate surface area is 180 Å². The predicted molar refractivity (Wildman–Crippen MR) is 116 cm³/mol. The van der Waals surface area contributed by atoms with Gasteiger partial charge in [-0.2, -0.15) is 0 Å². The van der Waals surface area contributed by atoms with Crippen molar-refractivity contribution in [2.24, 2.45) is 11.8 Å². The number of nitrogens with zero attached hydrogens (tertiary/aromatic N) is 3. The lowest BCUT2D eigenvalue weighted by Gasteiger charge is -2.29. The number of sulfonamides is 1. The van der Waals surface area contributed by atoms with Crippen LogP contribution in [-0.2, 0) is 21.4 Å². The molecule has 2 aliphatic rings. The van der Waals surface area contributed by atoms with Gasteiger partial charge in [-0.1, -0.05) is 39.8 Å². The molecule has 0 N–H and O–H groups in total. The third kappa shape index (κ3) is 4.12. The predicted octanol–water partition coefficient (Wildman–Crippen LogP) is 2.19. The first-order chi connectivity index (χ1) is 14.1. The van der Waals surface area contributed by atoms with Gasteiger partial charge in [0, 0.05) is 18.7 Å². The molecule has 0 unspecified atom stereocenters. The van der Waals surface area contributed by atoms with Crippen molar-refractivity contribution in [1.29, 1.82) is 0 Å². The van der Waals surface area contributed by atoms with Crippen LogP contribution in [0.15, 0.2) is 24.3 Å². The Bertz CT molecular complexity index is 893. The smallest absolute Gasteiger partial charge is 0.254 e. The number of amides is 2. The zero-order valence-electron chi connectivity index (χ0n) is 18.5. The highest BCUT2D eigenvalue weighted by Crippen LogP contribution is 2.41. The summed E-state index contributed by atoms with van der Waals surface area (Å²) >= 11 is 0. The highest BCUT2D eigenvalue weighted by molar-refractivity contribution is 7.88. The standard InChI is InChI=1S/C22H33N3O4S/c1-6-23(7-2)14-16-8-10-17(11-9-16)21(26)24-13-12-18-20(24)19(15(3)4)22(27)25(18)30(5,28)29/h8-11,15,18-20H,6-7,12-14H2,1-5H3/t18-,19+,20-/m0/s1. The van der Waals surface area contributed by atoms with Crippen molar-refractivity contribution < 1.29 is 18.0 Å². The van der Waals surface area contributed by atoms with Gasteiger partial charge in [0.1, 0.15) is 0 Å². The Balaban J connectivity index is 1.84. The van der Waals surface area contributed by atoms with Crippen LogP contribution in [0.1, 0.15) is 50.0 Å². The molecule has 2 aliphatic heterocycles. The maximum absolute atomic E-state index is 13.3. The van der Waals surface area contributed by atoms with Gasteiger partial charge in [-0.05, 0) is 43.1 Å². The Morgan fingerprint density at radius 1 is 1.17 bits per heavy atom. The van der Waals surface area contributed by atoms with Crippen molar-refractivity contribution in [3.63, 3.8) is 0 Å². The number of likely N-dealkylation sites (tertiary alicyclic amines) is 1. The van der Waals surface area contributed by atoms with Gasteiger partial charge in [0.2, 0.25) is 15.9 Å². The quantitative estimate of drug-likeness (QED) is 0.656. The van der Waals surface area contributed by atoms with Gasteiger partial charge in [0.05, 0.1) is 24.3 Å². The number of benzene rings is 1. The number of carbonyl (C=O) groups excluding carboxylic acids is 2. The van der Waals surface area contributed by atoms with E-state index >= 15 is 0 Å². The van der Waals surface area contributed by atoms with Crippen LogP contribution in [0.5, 0.6) is 0 Å². The molecule has 0 spiro atoms. The van der Waals surface area contributed by atoms with E-state index in [0.29, 0.717) is 18.5 Å². The van der Waals surface area contributed by atoms with Crippen molar-refractivity contribution in [2.75, 3.05) is 25.9 Å². The molecule has 8 heteroatoms. The third-order valence-corrected chi connectivity index (χ3v) is 7.59. The molecule has 2 saturated heterocycles. The Hall–Kier alpha value is -1.93. The van der Waals surface area contributed by atoms with E-state index in [1.165, 1.54) is 0 Å². The van der Waals surface area contributed by atoms with E-state index < -0.39 is 28.0 Å². The Morgan fingerprint density at radius 2 is 1.77 bits per heavy atom. The molecule has 166 valence electrons. The first kappa shape index (κ1) is 22.7. The van der Waals surface area contributed by atoms with Crippen LogP contribution in [0.4, 0.5) is 0 Å². The minimum Gasteiger partial charge on any atom is -0.333 e. The van der Waals surface area contributed by atoms with Gasteiger partial charge in [-0.15, -0.1) is 0 Å². The van der Waals surface area contributed by atoms with Gasteiger partial charge in [0.25, 0.3) is 5.91 Å². The number of hydrogen-bond donors (Lipinski definition) is 0. The summed E-state index contributed by atoms with van der Waals surface area (Å²) in [5.74, 6) is -1.07. The van der Waals surface area contributed by atoms with Crippen molar-refractivity contribution in [1.82, 2.24) is 14.1 Å². The molecule has 2 fully saturated rings. The second-order valence-electron chi connectivity index (χ2n) is 8.67. The Kier molecular flexibility index (Phi) is 6.57. The van der Waals surface area contributed by atoms with E-state index in [2.05, 4.69) is 18.7 Å². The van der Waals surface area contributed by atoms with E-state index in [-0.39, 0.29) is 17.7 Å². The van der Waals surface area contributed by atoms with Crippen LogP contribution in [0.2, 0.25) is 0 Å². The summed E-state index contributed by atoms with van der Waals surface area (Å²) in [5.41, 5.74) is 1.72. The summed E-state index contributed by atoms with van der Waals surface area (Å²) in [5, 5.41) is 0. The number of hydrogen-bond acceptors (Lipinski definition) is 5. The molecule has 0 aliphatic carbocycles. The maximum Gasteiger partial charge on any atom is 0.254 e. The number of fused-ring (bicyclic) bond motifs is 1. The molecule has 2 amide bonds. The molecule has 1 aromatic rings. The van der Waals surface area contributed by atoms with E-state index in [9.17, 15) is 18.0 Å². The van der Waals surface area contributed by atoms with Gasteiger partial charge < -0.3 is 4.90 Å². The van der Waals surface area contributed by atoms with Crippen LogP contribution in [0.25, 0.3) is 0 Å². The van der Waals surface area contributed by atoms with E-state index in [0.717, 1.165) is 35.8 Å². The maximum atomic E-state index is 13.3. The van der Waals surface area contributed by atoms with Gasteiger partial charge >= 0.3 is 0 Å². The summed E-state index contributed by atoms with van der Waals surface area (Å²) in [6.45, 7) is 11.3.